The fraction of sp³-hybridized carbons (Fsp3) is 0.706. The molecule has 3 N–H and O–H groups in total. The number of aromatic nitrogens is 2. The zero-order valence-electron chi connectivity index (χ0n) is 16.2. The lowest BCUT2D eigenvalue weighted by molar-refractivity contribution is -0.140. The van der Waals surface area contributed by atoms with Crippen LogP contribution in [-0.2, 0) is 14.1 Å². The van der Waals surface area contributed by atoms with Crippen molar-refractivity contribution in [1.82, 2.24) is 14.9 Å². The average Bonchev–Trinajstić information content (AvgIpc) is 3.16. The molecule has 148 valence electrons. The van der Waals surface area contributed by atoms with Crippen molar-refractivity contribution in [3.05, 3.63) is 12.4 Å². The highest BCUT2D eigenvalue weighted by Gasteiger charge is 2.52. The van der Waals surface area contributed by atoms with Crippen molar-refractivity contribution < 1.29 is 24.3 Å². The minimum Gasteiger partial charge on any atom is -0.399 e. The molecule has 27 heavy (non-hydrogen) atoms. The molecule has 2 atom stereocenters. The second kappa shape index (κ2) is 7.35. The number of carbonyl (C=O) groups excluding carboxylic acids is 1. The molecule has 9 nitrogen and oxygen atoms in total. The number of aliphatic hydroxyl groups excluding tert-OH is 2. The first-order chi connectivity index (χ1) is 12.6. The Labute approximate surface area is 159 Å². The van der Waals surface area contributed by atoms with Crippen LogP contribution in [0.15, 0.2) is 12.4 Å². The van der Waals surface area contributed by atoms with Crippen molar-refractivity contribution >= 4 is 24.4 Å². The number of hydrogen-bond acceptors (Lipinski definition) is 8. The molecule has 3 heterocycles. The zero-order chi connectivity index (χ0) is 19.8. The molecule has 3 rings (SSSR count). The zero-order valence-corrected chi connectivity index (χ0v) is 16.2. The van der Waals surface area contributed by atoms with Gasteiger partial charge in [0.15, 0.2) is 6.10 Å². The number of amides is 1. The summed E-state index contributed by atoms with van der Waals surface area (Å²) >= 11 is 0. The lowest BCUT2D eigenvalue weighted by Crippen LogP contribution is -2.41. The number of anilines is 1. The number of aliphatic hydroxyl groups is 2. The monoisotopic (exact) mass is 378 g/mol. The fourth-order valence-electron chi connectivity index (χ4n) is 3.06. The van der Waals surface area contributed by atoms with Gasteiger partial charge in [0.05, 0.1) is 17.8 Å². The summed E-state index contributed by atoms with van der Waals surface area (Å²) in [5.74, 6) is -0.00361. The smallest absolute Gasteiger partial charge is 0.399 e. The van der Waals surface area contributed by atoms with E-state index in [1.165, 1.54) is 4.90 Å². The quantitative estimate of drug-likeness (QED) is 0.567. The van der Waals surface area contributed by atoms with Gasteiger partial charge in [0, 0.05) is 37.0 Å². The lowest BCUT2D eigenvalue weighted by Gasteiger charge is -2.32. The summed E-state index contributed by atoms with van der Waals surface area (Å²) in [5.41, 5.74) is -0.102. The van der Waals surface area contributed by atoms with Crippen LogP contribution >= 0.6 is 0 Å². The van der Waals surface area contributed by atoms with E-state index in [-0.39, 0.29) is 6.04 Å². The number of hydrogen-bond donors (Lipinski definition) is 3. The minimum atomic E-state index is -1.36. The molecule has 0 radical (unpaired) electrons. The third kappa shape index (κ3) is 4.08. The highest BCUT2D eigenvalue weighted by atomic mass is 16.7. The van der Waals surface area contributed by atoms with Crippen LogP contribution in [0, 0.1) is 0 Å². The van der Waals surface area contributed by atoms with Gasteiger partial charge in [0.25, 0.3) is 5.91 Å². The largest absolute Gasteiger partial charge is 0.498 e. The van der Waals surface area contributed by atoms with E-state index in [1.54, 1.807) is 12.4 Å². The number of nitrogens with zero attached hydrogens (tertiary/aromatic N) is 3. The highest BCUT2D eigenvalue weighted by molar-refractivity contribution is 6.61. The van der Waals surface area contributed by atoms with Gasteiger partial charge < -0.3 is 29.7 Å². The van der Waals surface area contributed by atoms with Crippen LogP contribution in [0.25, 0.3) is 0 Å². The molecule has 2 unspecified atom stereocenters. The van der Waals surface area contributed by atoms with Gasteiger partial charge in [-0.3, -0.25) is 4.79 Å². The van der Waals surface area contributed by atoms with Gasteiger partial charge in [-0.25, -0.2) is 9.97 Å². The molecule has 1 amide bonds. The topological polar surface area (TPSA) is 117 Å². The van der Waals surface area contributed by atoms with Crippen molar-refractivity contribution in [2.24, 2.45) is 0 Å². The van der Waals surface area contributed by atoms with Gasteiger partial charge >= 0.3 is 7.12 Å². The highest BCUT2D eigenvalue weighted by Crippen LogP contribution is 2.36. The molecular weight excluding hydrogens is 351 g/mol. The summed E-state index contributed by atoms with van der Waals surface area (Å²) in [7, 11) is -0.511. The van der Waals surface area contributed by atoms with Crippen LogP contribution in [0.3, 0.4) is 0 Å². The third-order valence-electron chi connectivity index (χ3n) is 5.49. The van der Waals surface area contributed by atoms with Gasteiger partial charge in [-0.05, 0) is 34.1 Å². The van der Waals surface area contributed by atoms with Crippen molar-refractivity contribution in [1.29, 1.82) is 0 Å². The fourth-order valence-corrected chi connectivity index (χ4v) is 3.06. The van der Waals surface area contributed by atoms with Gasteiger partial charge in [-0.1, -0.05) is 0 Å². The lowest BCUT2D eigenvalue weighted by atomic mass is 9.81. The standard InChI is InChI=1S/C17H27BN4O5/c1-16(2)17(3,4)27-18(26-16)11-7-19-15(20-8-11)21-12-5-6-22(9-12)14(25)13(24)10-23/h7-8,12-13,23-24H,5-6,9-10H2,1-4H3,(H,19,20,21). The van der Waals surface area contributed by atoms with Gasteiger partial charge in [0.2, 0.25) is 5.95 Å². The van der Waals surface area contributed by atoms with E-state index in [9.17, 15) is 9.90 Å². The van der Waals surface area contributed by atoms with E-state index in [0.29, 0.717) is 25.5 Å². The summed E-state index contributed by atoms with van der Waals surface area (Å²) in [6.45, 7) is 8.33. The summed E-state index contributed by atoms with van der Waals surface area (Å²) < 4.78 is 12.0. The van der Waals surface area contributed by atoms with Gasteiger partial charge in [0.1, 0.15) is 0 Å². The van der Waals surface area contributed by atoms with Crippen LogP contribution in [-0.4, -0.2) is 81.2 Å². The van der Waals surface area contributed by atoms with Gasteiger partial charge in [-0.15, -0.1) is 0 Å². The molecule has 10 heteroatoms. The predicted molar refractivity (Wildman–Crippen MR) is 99.4 cm³/mol. The van der Waals surface area contributed by atoms with E-state index < -0.39 is 36.9 Å². The van der Waals surface area contributed by atoms with E-state index in [2.05, 4.69) is 15.3 Å². The molecule has 0 aromatic carbocycles. The van der Waals surface area contributed by atoms with E-state index in [1.807, 2.05) is 27.7 Å². The third-order valence-corrected chi connectivity index (χ3v) is 5.49. The summed E-state index contributed by atoms with van der Waals surface area (Å²) in [6.07, 6.45) is 2.70. The maximum Gasteiger partial charge on any atom is 0.498 e. The second-order valence-electron chi connectivity index (χ2n) is 8.04. The van der Waals surface area contributed by atoms with Gasteiger partial charge in [-0.2, -0.15) is 0 Å². The normalized spacial score (nSPS) is 24.9. The average molecular weight is 378 g/mol. The molecule has 0 saturated carbocycles. The van der Waals surface area contributed by atoms with Crippen LogP contribution in [0.1, 0.15) is 34.1 Å². The van der Waals surface area contributed by atoms with E-state index in [0.717, 1.165) is 5.46 Å². The van der Waals surface area contributed by atoms with Crippen LogP contribution in [0.2, 0.25) is 0 Å². The molecule has 2 saturated heterocycles. The van der Waals surface area contributed by atoms with Crippen LogP contribution < -0.4 is 10.8 Å². The Kier molecular flexibility index (Phi) is 5.44. The Balaban J connectivity index is 1.57. The Bertz CT molecular complexity index is 668. The molecule has 2 aliphatic heterocycles. The maximum absolute atomic E-state index is 11.9. The van der Waals surface area contributed by atoms with Crippen molar-refractivity contribution in [2.75, 3.05) is 25.0 Å². The van der Waals surface area contributed by atoms with Crippen molar-refractivity contribution in [3.63, 3.8) is 0 Å². The Hall–Kier alpha value is -1.75. The number of rotatable bonds is 5. The minimum absolute atomic E-state index is 0.0115. The Morgan fingerprint density at radius 1 is 1.33 bits per heavy atom. The van der Waals surface area contributed by atoms with E-state index >= 15 is 0 Å². The summed E-state index contributed by atoms with van der Waals surface area (Å²) in [4.78, 5) is 22.1. The first kappa shape index (κ1) is 20.0. The molecule has 0 bridgehead atoms. The predicted octanol–water partition coefficient (Wildman–Crippen LogP) is -0.858. The summed E-state index contributed by atoms with van der Waals surface area (Å²) in [5, 5.41) is 21.5. The molecule has 1 aromatic heterocycles. The number of carbonyl (C=O) groups is 1. The van der Waals surface area contributed by atoms with Crippen molar-refractivity contribution in [3.8, 4) is 0 Å². The molecule has 1 aromatic rings. The molecule has 0 spiro atoms. The van der Waals surface area contributed by atoms with Crippen LogP contribution in [0.5, 0.6) is 0 Å². The summed E-state index contributed by atoms with van der Waals surface area (Å²) in [6, 6.07) is -0.0115. The Morgan fingerprint density at radius 2 is 1.93 bits per heavy atom. The molecule has 2 fully saturated rings. The Morgan fingerprint density at radius 3 is 2.48 bits per heavy atom. The van der Waals surface area contributed by atoms with Crippen LogP contribution in [0.4, 0.5) is 5.95 Å². The van der Waals surface area contributed by atoms with E-state index in [4.69, 9.17) is 14.4 Å². The molecule has 0 aliphatic carbocycles. The first-order valence-corrected chi connectivity index (χ1v) is 9.15. The van der Waals surface area contributed by atoms with Crippen molar-refractivity contribution in [2.45, 2.75) is 57.5 Å². The molecule has 2 aliphatic rings. The number of nitrogens with one attached hydrogen (secondary N) is 1. The number of likely N-dealkylation sites (tertiary alicyclic amines) is 1. The second-order valence-corrected chi connectivity index (χ2v) is 8.04. The maximum atomic E-state index is 11.9. The SMILES string of the molecule is CC1(C)OB(c2cnc(NC3CCN(C(=O)C(O)CO)C3)nc2)OC1(C)C. The molecular formula is C17H27BN4O5. The first-order valence-electron chi connectivity index (χ1n) is 9.15.